The lowest BCUT2D eigenvalue weighted by Crippen LogP contribution is -2.66. The van der Waals surface area contributed by atoms with Crippen molar-refractivity contribution < 1.29 is 17.9 Å². The van der Waals surface area contributed by atoms with Crippen LogP contribution in [0.25, 0.3) is 0 Å². The van der Waals surface area contributed by atoms with Crippen LogP contribution in [0.1, 0.15) is 19.8 Å². The quantitative estimate of drug-likeness (QED) is 0.788. The highest BCUT2D eigenvalue weighted by Crippen LogP contribution is 2.41. The van der Waals surface area contributed by atoms with Crippen LogP contribution in [0.2, 0.25) is 0 Å². The molecule has 1 aromatic heterocycles. The van der Waals surface area contributed by atoms with E-state index in [-0.39, 0.29) is 17.3 Å². The van der Waals surface area contributed by atoms with Gasteiger partial charge in [0.05, 0.1) is 18.6 Å². The van der Waals surface area contributed by atoms with Crippen LogP contribution in [-0.4, -0.2) is 55.4 Å². The zero-order valence-electron chi connectivity index (χ0n) is 12.8. The van der Waals surface area contributed by atoms with E-state index < -0.39 is 10.0 Å². The summed E-state index contributed by atoms with van der Waals surface area (Å²) in [6.07, 6.45) is 4.93. The van der Waals surface area contributed by atoms with Crippen molar-refractivity contribution in [2.75, 3.05) is 32.1 Å². The third-order valence-electron chi connectivity index (χ3n) is 4.43. The van der Waals surface area contributed by atoms with E-state index in [4.69, 9.17) is 9.47 Å². The normalized spacial score (nSPS) is 24.3. The second kappa shape index (κ2) is 6.14. The van der Waals surface area contributed by atoms with Gasteiger partial charge < -0.3 is 9.47 Å². The van der Waals surface area contributed by atoms with Gasteiger partial charge in [-0.1, -0.05) is 6.92 Å². The third kappa shape index (κ3) is 2.98. The van der Waals surface area contributed by atoms with Crippen molar-refractivity contribution in [3.63, 3.8) is 0 Å². The van der Waals surface area contributed by atoms with Gasteiger partial charge in [-0.25, -0.2) is 8.42 Å². The van der Waals surface area contributed by atoms with E-state index in [1.165, 1.54) is 0 Å². The molecule has 0 saturated carbocycles. The Labute approximate surface area is 131 Å². The van der Waals surface area contributed by atoms with Crippen LogP contribution >= 0.6 is 0 Å². The van der Waals surface area contributed by atoms with Gasteiger partial charge in [0, 0.05) is 31.8 Å². The Balaban J connectivity index is 1.58. The molecule has 3 rings (SSSR count). The summed E-state index contributed by atoms with van der Waals surface area (Å²) in [5.41, 5.74) is -0.358. The van der Waals surface area contributed by atoms with Crippen LogP contribution in [0.3, 0.4) is 0 Å². The van der Waals surface area contributed by atoms with Gasteiger partial charge in [-0.3, -0.25) is 4.98 Å². The predicted molar refractivity (Wildman–Crippen MR) is 82.2 cm³/mol. The lowest BCUT2D eigenvalue weighted by atomic mass is 9.83. The van der Waals surface area contributed by atoms with Crippen LogP contribution in [0.4, 0.5) is 0 Å². The molecule has 0 aliphatic carbocycles. The minimum Gasteiger partial charge on any atom is -0.492 e. The van der Waals surface area contributed by atoms with Gasteiger partial charge in [0.25, 0.3) is 0 Å². The molecular weight excluding hydrogens is 304 g/mol. The summed E-state index contributed by atoms with van der Waals surface area (Å²) >= 11 is 0. The smallest absolute Gasteiger partial charge is 0.214 e. The summed E-state index contributed by atoms with van der Waals surface area (Å²) in [5, 5.41) is 0. The molecule has 2 aliphatic heterocycles. The Morgan fingerprint density at radius 1 is 1.50 bits per heavy atom. The Kier molecular flexibility index (Phi) is 4.38. The number of nitrogens with zero attached hydrogens (tertiary/aromatic N) is 2. The van der Waals surface area contributed by atoms with Crippen LogP contribution < -0.4 is 4.74 Å². The van der Waals surface area contributed by atoms with Crippen molar-refractivity contribution in [3.8, 4) is 5.75 Å². The maximum Gasteiger partial charge on any atom is 0.214 e. The summed E-state index contributed by atoms with van der Waals surface area (Å²) in [7, 11) is -3.13. The van der Waals surface area contributed by atoms with Crippen LogP contribution in [0, 0.1) is 5.92 Å². The molecule has 0 aromatic carbocycles. The summed E-state index contributed by atoms with van der Waals surface area (Å²) < 4.78 is 37.3. The molecular formula is C15H22N2O4S. The topological polar surface area (TPSA) is 68.7 Å². The first-order valence-electron chi connectivity index (χ1n) is 7.70. The second-order valence-corrected chi connectivity index (χ2v) is 8.07. The Morgan fingerprint density at radius 3 is 3.00 bits per heavy atom. The van der Waals surface area contributed by atoms with E-state index >= 15 is 0 Å². The highest BCUT2D eigenvalue weighted by molar-refractivity contribution is 7.89. The number of hydrogen-bond acceptors (Lipinski definition) is 5. The Bertz CT molecular complexity index is 599. The number of sulfonamides is 1. The molecule has 1 aromatic rings. The molecule has 2 fully saturated rings. The minimum atomic E-state index is -3.13. The Hall–Kier alpha value is -1.18. The highest BCUT2D eigenvalue weighted by atomic mass is 32.2. The molecule has 122 valence electrons. The summed E-state index contributed by atoms with van der Waals surface area (Å²) in [6.45, 7) is 3.99. The van der Waals surface area contributed by atoms with Gasteiger partial charge >= 0.3 is 0 Å². The largest absolute Gasteiger partial charge is 0.492 e. The van der Waals surface area contributed by atoms with Crippen LogP contribution in [0.15, 0.2) is 24.5 Å². The first-order chi connectivity index (χ1) is 10.6. The van der Waals surface area contributed by atoms with Gasteiger partial charge in [-0.05, 0) is 25.0 Å². The van der Waals surface area contributed by atoms with E-state index in [0.29, 0.717) is 32.7 Å². The molecule has 1 atom stereocenters. The number of ether oxygens (including phenoxy) is 2. The van der Waals surface area contributed by atoms with Crippen molar-refractivity contribution >= 4 is 10.0 Å². The third-order valence-corrected chi connectivity index (χ3v) is 6.40. The molecule has 0 radical (unpaired) electrons. The highest BCUT2D eigenvalue weighted by Gasteiger charge is 2.56. The molecule has 22 heavy (non-hydrogen) atoms. The molecule has 7 heteroatoms. The van der Waals surface area contributed by atoms with E-state index in [9.17, 15) is 8.42 Å². The van der Waals surface area contributed by atoms with Crippen molar-refractivity contribution in [1.29, 1.82) is 0 Å². The lowest BCUT2D eigenvalue weighted by Gasteiger charge is -2.49. The summed E-state index contributed by atoms with van der Waals surface area (Å²) in [4.78, 5) is 4.02. The molecule has 0 N–H and O–H groups in total. The average molecular weight is 326 g/mol. The van der Waals surface area contributed by atoms with Crippen LogP contribution in [-0.2, 0) is 14.8 Å². The van der Waals surface area contributed by atoms with E-state index in [1.807, 2.05) is 19.1 Å². The first-order valence-corrected chi connectivity index (χ1v) is 9.31. The molecule has 1 spiro atoms. The standard InChI is InChI=1S/C15H22N2O4S/c1-2-8-22(18,19)17-11-15(12-17)13(5-7-21-15)10-20-14-4-3-6-16-9-14/h3-4,6,9,13H,2,5,7-8,10-12H2,1H3/t13-/m1/s1. The van der Waals surface area contributed by atoms with Crippen LogP contribution in [0.5, 0.6) is 5.75 Å². The molecule has 0 unspecified atom stereocenters. The average Bonchev–Trinajstić information content (AvgIpc) is 2.88. The van der Waals surface area contributed by atoms with Crippen molar-refractivity contribution in [1.82, 2.24) is 9.29 Å². The molecule has 0 bridgehead atoms. The lowest BCUT2D eigenvalue weighted by molar-refractivity contribution is -0.107. The molecule has 0 amide bonds. The maximum atomic E-state index is 12.1. The zero-order valence-corrected chi connectivity index (χ0v) is 13.6. The second-order valence-electron chi connectivity index (χ2n) is 5.98. The van der Waals surface area contributed by atoms with E-state index in [0.717, 1.165) is 12.2 Å². The first kappa shape index (κ1) is 15.7. The fourth-order valence-electron chi connectivity index (χ4n) is 3.13. The van der Waals surface area contributed by atoms with Crippen molar-refractivity contribution in [3.05, 3.63) is 24.5 Å². The molecule has 2 saturated heterocycles. The van der Waals surface area contributed by atoms with E-state index in [1.54, 1.807) is 16.7 Å². The number of aromatic nitrogens is 1. The molecule has 3 heterocycles. The molecule has 6 nitrogen and oxygen atoms in total. The van der Waals surface area contributed by atoms with Gasteiger partial charge in [0.2, 0.25) is 10.0 Å². The fraction of sp³-hybridized carbons (Fsp3) is 0.667. The number of pyridine rings is 1. The number of hydrogen-bond donors (Lipinski definition) is 0. The number of rotatable bonds is 6. The fourth-order valence-corrected chi connectivity index (χ4v) is 4.74. The van der Waals surface area contributed by atoms with Gasteiger partial charge in [0.1, 0.15) is 11.4 Å². The zero-order chi connectivity index (χ0) is 15.6. The van der Waals surface area contributed by atoms with E-state index in [2.05, 4.69) is 4.98 Å². The monoisotopic (exact) mass is 326 g/mol. The maximum absolute atomic E-state index is 12.1. The SMILES string of the molecule is CCCS(=O)(=O)N1CC2(C1)OCC[C@@H]2COc1cccnc1. The summed E-state index contributed by atoms with van der Waals surface area (Å²) in [5.74, 6) is 1.17. The van der Waals surface area contributed by atoms with Gasteiger partial charge in [-0.2, -0.15) is 4.31 Å². The molecule has 2 aliphatic rings. The van der Waals surface area contributed by atoms with Gasteiger partial charge in [-0.15, -0.1) is 0 Å². The summed E-state index contributed by atoms with van der Waals surface area (Å²) in [6, 6.07) is 3.70. The Morgan fingerprint density at radius 2 is 2.32 bits per heavy atom. The van der Waals surface area contributed by atoms with Crippen molar-refractivity contribution in [2.45, 2.75) is 25.4 Å². The van der Waals surface area contributed by atoms with Crippen molar-refractivity contribution in [2.24, 2.45) is 5.92 Å². The van der Waals surface area contributed by atoms with Gasteiger partial charge in [0.15, 0.2) is 0 Å². The predicted octanol–water partition coefficient (Wildman–Crippen LogP) is 1.29. The minimum absolute atomic E-state index is 0.208.